The number of amidine groups is 1. The quantitative estimate of drug-likeness (QED) is 0.374. The van der Waals surface area contributed by atoms with Crippen LogP contribution in [0.1, 0.15) is 16.8 Å². The zero-order valence-corrected chi connectivity index (χ0v) is 11.6. The lowest BCUT2D eigenvalue weighted by molar-refractivity contribution is 0.318. The van der Waals surface area contributed by atoms with E-state index in [4.69, 9.17) is 10.9 Å². The summed E-state index contributed by atoms with van der Waals surface area (Å²) in [5.74, 6) is 0.615. The van der Waals surface area contributed by atoms with E-state index in [1.165, 1.54) is 11.1 Å². The van der Waals surface area contributed by atoms with Gasteiger partial charge in [0.15, 0.2) is 5.84 Å². The van der Waals surface area contributed by atoms with Gasteiger partial charge in [-0.3, -0.25) is 0 Å². The fraction of sp³-hybridized carbons (Fsp3) is 0.267. The van der Waals surface area contributed by atoms with Crippen LogP contribution in [0, 0.1) is 0 Å². The first kappa shape index (κ1) is 13.4. The Morgan fingerprint density at radius 1 is 1.14 bits per heavy atom. The van der Waals surface area contributed by atoms with Gasteiger partial charge in [0.25, 0.3) is 0 Å². The highest BCUT2D eigenvalue weighted by Crippen LogP contribution is 2.18. The molecule has 2 heterocycles. The predicted molar refractivity (Wildman–Crippen MR) is 80.6 cm³/mol. The van der Waals surface area contributed by atoms with Crippen LogP contribution in [0.5, 0.6) is 0 Å². The summed E-state index contributed by atoms with van der Waals surface area (Å²) < 4.78 is 0. The van der Waals surface area contributed by atoms with Crippen molar-refractivity contribution in [2.24, 2.45) is 10.9 Å². The molecule has 6 nitrogen and oxygen atoms in total. The third-order valence-corrected chi connectivity index (χ3v) is 3.72. The molecule has 6 heteroatoms. The standard InChI is InChI=1S/C15H17N5O/c16-14(19-21)13-5-8-17-15(18-13)20-9-6-11-3-1-2-4-12(11)7-10-20/h1-5,8,21H,6-7,9-10H2,(H2,16,19). The summed E-state index contributed by atoms with van der Waals surface area (Å²) in [4.78, 5) is 10.8. The number of rotatable bonds is 2. The van der Waals surface area contributed by atoms with Crippen molar-refractivity contribution in [2.45, 2.75) is 12.8 Å². The van der Waals surface area contributed by atoms with Gasteiger partial charge in [-0.05, 0) is 30.0 Å². The maximum absolute atomic E-state index is 8.74. The SMILES string of the molecule is N/C(=N/O)c1ccnc(N2CCc3ccccc3CC2)n1. The molecule has 1 aliphatic heterocycles. The summed E-state index contributed by atoms with van der Waals surface area (Å²) in [6.07, 6.45) is 3.56. The van der Waals surface area contributed by atoms with Crippen molar-refractivity contribution in [1.82, 2.24) is 9.97 Å². The zero-order valence-electron chi connectivity index (χ0n) is 11.6. The molecule has 0 atom stereocenters. The number of nitrogens with two attached hydrogens (primary N) is 1. The zero-order chi connectivity index (χ0) is 14.7. The Bertz CT molecular complexity index is 644. The maximum atomic E-state index is 8.74. The molecule has 0 bridgehead atoms. The topological polar surface area (TPSA) is 87.6 Å². The average Bonchev–Trinajstić information content (AvgIpc) is 2.77. The van der Waals surface area contributed by atoms with Gasteiger partial charge in [0.2, 0.25) is 5.95 Å². The van der Waals surface area contributed by atoms with E-state index in [-0.39, 0.29) is 5.84 Å². The third-order valence-electron chi connectivity index (χ3n) is 3.72. The van der Waals surface area contributed by atoms with Crippen LogP contribution in [-0.2, 0) is 12.8 Å². The maximum Gasteiger partial charge on any atom is 0.225 e. The minimum atomic E-state index is -0.00300. The Morgan fingerprint density at radius 2 is 1.81 bits per heavy atom. The molecule has 1 aromatic carbocycles. The molecule has 0 amide bonds. The predicted octanol–water partition coefficient (Wildman–Crippen LogP) is 1.18. The van der Waals surface area contributed by atoms with Crippen LogP contribution in [0.15, 0.2) is 41.7 Å². The molecule has 3 N–H and O–H groups in total. The number of oxime groups is 1. The number of anilines is 1. The molecule has 0 saturated carbocycles. The van der Waals surface area contributed by atoms with E-state index in [1.807, 2.05) is 0 Å². The van der Waals surface area contributed by atoms with E-state index in [9.17, 15) is 0 Å². The summed E-state index contributed by atoms with van der Waals surface area (Å²) >= 11 is 0. The molecule has 0 spiro atoms. The Kier molecular flexibility index (Phi) is 3.68. The molecule has 0 saturated heterocycles. The summed E-state index contributed by atoms with van der Waals surface area (Å²) in [5.41, 5.74) is 8.78. The van der Waals surface area contributed by atoms with Crippen LogP contribution in [-0.4, -0.2) is 34.1 Å². The Labute approximate surface area is 122 Å². The van der Waals surface area contributed by atoms with E-state index >= 15 is 0 Å². The van der Waals surface area contributed by atoms with E-state index in [2.05, 4.69) is 44.3 Å². The van der Waals surface area contributed by atoms with Gasteiger partial charge >= 0.3 is 0 Å². The normalized spacial score (nSPS) is 15.4. The van der Waals surface area contributed by atoms with E-state index < -0.39 is 0 Å². The van der Waals surface area contributed by atoms with Gasteiger partial charge in [-0.2, -0.15) is 0 Å². The lowest BCUT2D eigenvalue weighted by Gasteiger charge is -2.20. The summed E-state index contributed by atoms with van der Waals surface area (Å²) in [5, 5.41) is 11.7. The summed E-state index contributed by atoms with van der Waals surface area (Å²) in [6, 6.07) is 10.1. The molecule has 2 aromatic rings. The van der Waals surface area contributed by atoms with E-state index in [0.29, 0.717) is 11.6 Å². The molecule has 21 heavy (non-hydrogen) atoms. The van der Waals surface area contributed by atoms with E-state index in [0.717, 1.165) is 25.9 Å². The lowest BCUT2D eigenvalue weighted by Crippen LogP contribution is -2.29. The van der Waals surface area contributed by atoms with Crippen LogP contribution in [0.3, 0.4) is 0 Å². The first-order valence-electron chi connectivity index (χ1n) is 6.90. The molecule has 0 unspecified atom stereocenters. The second kappa shape index (κ2) is 5.78. The van der Waals surface area contributed by atoms with E-state index in [1.54, 1.807) is 12.3 Å². The molecule has 1 aromatic heterocycles. The minimum absolute atomic E-state index is 0.00300. The van der Waals surface area contributed by atoms with Crippen molar-refractivity contribution in [1.29, 1.82) is 0 Å². The van der Waals surface area contributed by atoms with Gasteiger partial charge in [0, 0.05) is 19.3 Å². The number of nitrogens with zero attached hydrogens (tertiary/aromatic N) is 4. The molecular weight excluding hydrogens is 266 g/mol. The molecule has 3 rings (SSSR count). The van der Waals surface area contributed by atoms with Gasteiger partial charge in [-0.1, -0.05) is 29.4 Å². The van der Waals surface area contributed by atoms with Crippen LogP contribution in [0.2, 0.25) is 0 Å². The van der Waals surface area contributed by atoms with Gasteiger partial charge in [-0.15, -0.1) is 0 Å². The van der Waals surface area contributed by atoms with Gasteiger partial charge in [0.1, 0.15) is 5.69 Å². The van der Waals surface area contributed by atoms with Crippen molar-refractivity contribution in [2.75, 3.05) is 18.0 Å². The fourth-order valence-corrected chi connectivity index (χ4v) is 2.56. The first-order valence-corrected chi connectivity index (χ1v) is 6.90. The van der Waals surface area contributed by atoms with Crippen LogP contribution >= 0.6 is 0 Å². The first-order chi connectivity index (χ1) is 10.3. The Morgan fingerprint density at radius 3 is 2.43 bits per heavy atom. The smallest absolute Gasteiger partial charge is 0.225 e. The third kappa shape index (κ3) is 2.79. The molecule has 1 aliphatic rings. The van der Waals surface area contributed by atoms with Crippen LogP contribution in [0.25, 0.3) is 0 Å². The number of hydrogen-bond acceptors (Lipinski definition) is 5. The highest BCUT2D eigenvalue weighted by Gasteiger charge is 2.16. The highest BCUT2D eigenvalue weighted by atomic mass is 16.4. The monoisotopic (exact) mass is 283 g/mol. The van der Waals surface area contributed by atoms with Gasteiger partial charge in [0.05, 0.1) is 0 Å². The summed E-state index contributed by atoms with van der Waals surface area (Å²) in [6.45, 7) is 1.72. The van der Waals surface area contributed by atoms with Crippen LogP contribution < -0.4 is 10.6 Å². The molecule has 108 valence electrons. The second-order valence-electron chi connectivity index (χ2n) is 4.98. The van der Waals surface area contributed by atoms with Crippen LogP contribution in [0.4, 0.5) is 5.95 Å². The number of hydrogen-bond donors (Lipinski definition) is 2. The minimum Gasteiger partial charge on any atom is -0.409 e. The highest BCUT2D eigenvalue weighted by molar-refractivity contribution is 5.95. The Balaban J connectivity index is 1.83. The number of aromatic nitrogens is 2. The van der Waals surface area contributed by atoms with Crippen molar-refractivity contribution in [3.8, 4) is 0 Å². The van der Waals surface area contributed by atoms with Crippen molar-refractivity contribution >= 4 is 11.8 Å². The Hall–Kier alpha value is -2.63. The molecule has 0 aliphatic carbocycles. The van der Waals surface area contributed by atoms with Crippen molar-refractivity contribution < 1.29 is 5.21 Å². The fourth-order valence-electron chi connectivity index (χ4n) is 2.56. The van der Waals surface area contributed by atoms with Gasteiger partial charge < -0.3 is 15.8 Å². The number of benzene rings is 1. The summed E-state index contributed by atoms with van der Waals surface area (Å²) in [7, 11) is 0. The van der Waals surface area contributed by atoms with Crippen molar-refractivity contribution in [3.63, 3.8) is 0 Å². The molecular formula is C15H17N5O. The second-order valence-corrected chi connectivity index (χ2v) is 4.98. The largest absolute Gasteiger partial charge is 0.409 e. The number of fused-ring (bicyclic) bond motifs is 1. The molecule has 0 radical (unpaired) electrons. The molecule has 0 fully saturated rings. The average molecular weight is 283 g/mol. The van der Waals surface area contributed by atoms with Gasteiger partial charge in [-0.25, -0.2) is 9.97 Å². The lowest BCUT2D eigenvalue weighted by atomic mass is 10.0. The van der Waals surface area contributed by atoms with Crippen molar-refractivity contribution in [3.05, 3.63) is 53.3 Å².